The topological polar surface area (TPSA) is 101 Å². The number of hydrogen-bond acceptors (Lipinski definition) is 6. The number of carbonyl (C=O) groups is 1. The fraction of sp³-hybridized carbons (Fsp3) is 0.182. The molecule has 3 N–H and O–H groups in total. The van der Waals surface area contributed by atoms with Crippen molar-refractivity contribution < 1.29 is 14.3 Å². The fourth-order valence-corrected chi connectivity index (χ4v) is 4.76. The molecule has 1 atom stereocenters. The van der Waals surface area contributed by atoms with E-state index in [9.17, 15) is 10.1 Å². The number of hydrogen-bond donors (Lipinski definition) is 2. The van der Waals surface area contributed by atoms with Crippen LogP contribution >= 0.6 is 0 Å². The first kappa shape index (κ1) is 16.1. The van der Waals surface area contributed by atoms with Crippen LogP contribution in [0.3, 0.4) is 0 Å². The number of benzene rings is 2. The lowest BCUT2D eigenvalue weighted by Crippen LogP contribution is -2.45. The van der Waals surface area contributed by atoms with Gasteiger partial charge < -0.3 is 25.4 Å². The van der Waals surface area contributed by atoms with Crippen LogP contribution in [0.15, 0.2) is 53.9 Å². The molecule has 7 heteroatoms. The predicted molar refractivity (Wildman–Crippen MR) is 105 cm³/mol. The number of fused-ring (bicyclic) bond motifs is 6. The van der Waals surface area contributed by atoms with Crippen molar-refractivity contribution in [3.05, 3.63) is 70.6 Å². The van der Waals surface area contributed by atoms with Gasteiger partial charge in [0.25, 0.3) is 0 Å². The molecular weight excluding hydrogens is 368 g/mol. The summed E-state index contributed by atoms with van der Waals surface area (Å²) in [6.45, 7) is 0.816. The second kappa shape index (κ2) is 5.32. The van der Waals surface area contributed by atoms with E-state index in [1.54, 1.807) is 0 Å². The Bertz CT molecular complexity index is 1220. The monoisotopic (exact) mass is 384 g/mol. The molecule has 0 saturated carbocycles. The van der Waals surface area contributed by atoms with Crippen molar-refractivity contribution in [3.63, 3.8) is 0 Å². The third-order valence-electron chi connectivity index (χ3n) is 6.13. The Hall–Kier alpha value is -3.92. The molecule has 0 saturated heterocycles. The maximum absolute atomic E-state index is 13.2. The minimum absolute atomic E-state index is 0.196. The summed E-state index contributed by atoms with van der Waals surface area (Å²) in [5, 5.41) is 12.9. The first-order chi connectivity index (χ1) is 14.1. The molecule has 6 rings (SSSR count). The molecule has 2 aromatic rings. The van der Waals surface area contributed by atoms with Gasteiger partial charge in [-0.05, 0) is 36.3 Å². The van der Waals surface area contributed by atoms with Crippen LogP contribution in [0.4, 0.5) is 5.69 Å². The number of amides is 1. The highest BCUT2D eigenvalue weighted by atomic mass is 16.7. The number of nitrogens with zero attached hydrogens (tertiary/aromatic N) is 2. The van der Waals surface area contributed by atoms with Crippen molar-refractivity contribution in [3.8, 4) is 17.6 Å². The van der Waals surface area contributed by atoms with Gasteiger partial charge in [0.1, 0.15) is 17.3 Å². The van der Waals surface area contributed by atoms with E-state index in [0.29, 0.717) is 23.8 Å². The molecular formula is C22H16N4O3. The predicted octanol–water partition coefficient (Wildman–Crippen LogP) is 2.21. The van der Waals surface area contributed by atoms with E-state index >= 15 is 0 Å². The van der Waals surface area contributed by atoms with E-state index in [0.717, 1.165) is 34.6 Å². The molecule has 0 unspecified atom stereocenters. The van der Waals surface area contributed by atoms with Gasteiger partial charge in [-0.2, -0.15) is 5.26 Å². The summed E-state index contributed by atoms with van der Waals surface area (Å²) in [4.78, 5) is 15.2. The Morgan fingerprint density at radius 1 is 1.21 bits per heavy atom. The average molecular weight is 384 g/mol. The number of nitriles is 1. The summed E-state index contributed by atoms with van der Waals surface area (Å²) in [6, 6.07) is 13.6. The normalized spacial score (nSPS) is 23.2. The maximum atomic E-state index is 13.2. The third kappa shape index (κ3) is 1.88. The average Bonchev–Trinajstić information content (AvgIpc) is 3.29. The molecule has 4 aliphatic rings. The molecule has 0 aromatic heterocycles. The Labute approximate surface area is 166 Å². The zero-order valence-electron chi connectivity index (χ0n) is 15.4. The molecule has 4 heterocycles. The first-order valence-corrected chi connectivity index (χ1v) is 9.38. The number of carbonyl (C=O) groups excluding carboxylic acids is 1. The van der Waals surface area contributed by atoms with Crippen molar-refractivity contribution in [2.45, 2.75) is 11.8 Å². The lowest BCUT2D eigenvalue weighted by Gasteiger charge is -2.41. The van der Waals surface area contributed by atoms with Crippen LogP contribution in [0.1, 0.15) is 16.7 Å². The Balaban J connectivity index is 1.64. The van der Waals surface area contributed by atoms with Crippen LogP contribution in [-0.4, -0.2) is 24.1 Å². The molecule has 0 fully saturated rings. The molecule has 7 nitrogen and oxygen atoms in total. The number of nitrogens with two attached hydrogens (primary N) is 1. The smallest absolute Gasteiger partial charge is 0.244 e. The highest BCUT2D eigenvalue weighted by molar-refractivity contribution is 6.12. The summed E-state index contributed by atoms with van der Waals surface area (Å²) in [6.07, 6.45) is 2.63. The summed E-state index contributed by atoms with van der Waals surface area (Å²) in [7, 11) is 0. The molecule has 2 aromatic carbocycles. The quantitative estimate of drug-likeness (QED) is 0.722. The van der Waals surface area contributed by atoms with Crippen LogP contribution in [0.5, 0.6) is 11.5 Å². The van der Waals surface area contributed by atoms with Crippen molar-refractivity contribution in [2.24, 2.45) is 5.73 Å². The lowest BCUT2D eigenvalue weighted by atomic mass is 9.71. The highest BCUT2D eigenvalue weighted by Crippen LogP contribution is 2.51. The van der Waals surface area contributed by atoms with Gasteiger partial charge in [0.05, 0.1) is 5.57 Å². The van der Waals surface area contributed by atoms with Gasteiger partial charge in [-0.15, -0.1) is 0 Å². The molecule has 0 radical (unpaired) electrons. The highest BCUT2D eigenvalue weighted by Gasteiger charge is 2.53. The summed E-state index contributed by atoms with van der Waals surface area (Å²) in [5.41, 5.74) is 9.81. The van der Waals surface area contributed by atoms with Gasteiger partial charge in [-0.25, -0.2) is 0 Å². The first-order valence-electron chi connectivity index (χ1n) is 9.38. The van der Waals surface area contributed by atoms with E-state index in [-0.39, 0.29) is 18.3 Å². The Morgan fingerprint density at radius 3 is 2.83 bits per heavy atom. The second-order valence-corrected chi connectivity index (χ2v) is 7.47. The second-order valence-electron chi connectivity index (χ2n) is 7.47. The number of rotatable bonds is 0. The van der Waals surface area contributed by atoms with Gasteiger partial charge in [0, 0.05) is 29.1 Å². The largest absolute Gasteiger partial charge is 0.454 e. The van der Waals surface area contributed by atoms with Gasteiger partial charge in [0.15, 0.2) is 11.5 Å². The molecule has 0 aliphatic carbocycles. The van der Waals surface area contributed by atoms with Gasteiger partial charge in [-0.3, -0.25) is 4.79 Å². The van der Waals surface area contributed by atoms with E-state index < -0.39 is 5.41 Å². The Kier molecular flexibility index (Phi) is 2.95. The Morgan fingerprint density at radius 2 is 2.00 bits per heavy atom. The summed E-state index contributed by atoms with van der Waals surface area (Å²) in [5.74, 6) is 1.46. The van der Waals surface area contributed by atoms with Crippen LogP contribution in [0.2, 0.25) is 0 Å². The van der Waals surface area contributed by atoms with Crippen molar-refractivity contribution in [1.82, 2.24) is 4.90 Å². The van der Waals surface area contributed by atoms with Crippen LogP contribution in [0.25, 0.3) is 5.70 Å². The van der Waals surface area contributed by atoms with Gasteiger partial charge in [0.2, 0.25) is 12.7 Å². The van der Waals surface area contributed by atoms with Gasteiger partial charge in [-0.1, -0.05) is 18.2 Å². The third-order valence-corrected chi connectivity index (χ3v) is 6.13. The van der Waals surface area contributed by atoms with Crippen molar-refractivity contribution >= 4 is 17.3 Å². The van der Waals surface area contributed by atoms with Gasteiger partial charge >= 0.3 is 0 Å². The standard InChI is InChI=1S/C22H16N4O3/c23-10-15-20(24)26-6-5-12-7-18-19(29-11-28-18)8-13(12)17(26)9-22(15)14-3-1-2-4-16(14)25-21(22)27/h1-4,7-9H,5-6,11,24H2,(H,25,27)/t22-/m1/s1. The van der Waals surface area contributed by atoms with Crippen LogP contribution in [-0.2, 0) is 16.6 Å². The summed E-state index contributed by atoms with van der Waals surface area (Å²) >= 11 is 0. The maximum Gasteiger partial charge on any atom is 0.244 e. The number of ether oxygens (including phenoxy) is 2. The molecule has 4 aliphatic heterocycles. The van der Waals surface area contributed by atoms with E-state index in [1.165, 1.54) is 0 Å². The molecule has 1 spiro atoms. The van der Waals surface area contributed by atoms with E-state index in [2.05, 4.69) is 11.4 Å². The fourth-order valence-electron chi connectivity index (χ4n) is 4.76. The zero-order valence-corrected chi connectivity index (χ0v) is 15.4. The minimum atomic E-state index is -1.24. The molecule has 1 amide bonds. The molecule has 29 heavy (non-hydrogen) atoms. The van der Waals surface area contributed by atoms with E-state index in [1.807, 2.05) is 47.4 Å². The van der Waals surface area contributed by atoms with Crippen LogP contribution < -0.4 is 20.5 Å². The SMILES string of the molecule is N#CC1=C(N)N2CCc3cc4c(cc3C2=C[C@]12C(=O)Nc1ccccc12)OCO4. The van der Waals surface area contributed by atoms with E-state index in [4.69, 9.17) is 15.2 Å². The molecule has 0 bridgehead atoms. The van der Waals surface area contributed by atoms with Crippen molar-refractivity contribution in [2.75, 3.05) is 18.7 Å². The minimum Gasteiger partial charge on any atom is -0.454 e. The zero-order chi connectivity index (χ0) is 19.8. The van der Waals surface area contributed by atoms with Crippen LogP contribution in [0, 0.1) is 11.3 Å². The number of nitrogens with one attached hydrogen (secondary N) is 1. The lowest BCUT2D eigenvalue weighted by molar-refractivity contribution is -0.118. The summed E-state index contributed by atoms with van der Waals surface area (Å²) < 4.78 is 11.1. The molecule has 142 valence electrons. The number of anilines is 1. The number of para-hydroxylation sites is 1. The van der Waals surface area contributed by atoms with Crippen molar-refractivity contribution in [1.29, 1.82) is 5.26 Å².